The van der Waals surface area contributed by atoms with Gasteiger partial charge >= 0.3 is 0 Å². The molecule has 0 bridgehead atoms. The Morgan fingerprint density at radius 3 is 2.33 bits per heavy atom. The minimum Gasteiger partial charge on any atom is -0.371 e. The van der Waals surface area contributed by atoms with Crippen LogP contribution in [0.2, 0.25) is 0 Å². The Kier molecular flexibility index (Phi) is 6.87. The molecule has 2 aliphatic heterocycles. The molecule has 1 aromatic heterocycles. The number of piperidine rings is 2. The van der Waals surface area contributed by atoms with Crippen LogP contribution < -0.4 is 15.1 Å². The quantitative estimate of drug-likeness (QED) is 0.442. The van der Waals surface area contributed by atoms with Crippen molar-refractivity contribution in [3.8, 4) is 0 Å². The van der Waals surface area contributed by atoms with Crippen LogP contribution in [0.3, 0.4) is 0 Å². The molecule has 2 aromatic rings. The zero-order chi connectivity index (χ0) is 25.5. The Morgan fingerprint density at radius 1 is 1.03 bits per heavy atom. The van der Waals surface area contributed by atoms with Crippen molar-refractivity contribution in [1.29, 1.82) is 0 Å². The van der Waals surface area contributed by atoms with Crippen LogP contribution in [0.4, 0.5) is 30.5 Å². The highest BCUT2D eigenvalue weighted by atomic mass is 32.2. The summed E-state index contributed by atoms with van der Waals surface area (Å²) in [4.78, 5) is 22.8. The number of anilines is 3. The van der Waals surface area contributed by atoms with E-state index in [9.17, 15) is 18.0 Å². The highest BCUT2D eigenvalue weighted by Gasteiger charge is 2.44. The van der Waals surface area contributed by atoms with Gasteiger partial charge in [0.05, 0.1) is 11.3 Å². The van der Waals surface area contributed by atoms with Crippen LogP contribution in [0.25, 0.3) is 0 Å². The number of amides is 1. The number of benzene rings is 1. The van der Waals surface area contributed by atoms with E-state index in [1.165, 1.54) is 34.8 Å². The Hall–Kier alpha value is -2.42. The molecule has 1 aliphatic carbocycles. The van der Waals surface area contributed by atoms with Gasteiger partial charge in [0.1, 0.15) is 5.82 Å². The number of carbonyl (C=O) groups is 1. The molecule has 36 heavy (non-hydrogen) atoms. The summed E-state index contributed by atoms with van der Waals surface area (Å²) in [6.45, 7) is 6.02. The van der Waals surface area contributed by atoms with E-state index >= 15 is 0 Å². The SMILES string of the molecule is CCSc1cc(N2CCC3(CC2)CC3)c(C(=O)Nc2ccc(F)c(N3CCC(F)(F)CC3)n2)cc1C. The second-order valence-electron chi connectivity index (χ2n) is 10.4. The summed E-state index contributed by atoms with van der Waals surface area (Å²) in [7, 11) is 0. The molecule has 1 saturated carbocycles. The van der Waals surface area contributed by atoms with Crippen molar-refractivity contribution >= 4 is 35.0 Å². The number of thioether (sulfide) groups is 1. The van der Waals surface area contributed by atoms with E-state index in [-0.39, 0.29) is 43.5 Å². The topological polar surface area (TPSA) is 48.5 Å². The fourth-order valence-electron chi connectivity index (χ4n) is 5.28. The van der Waals surface area contributed by atoms with E-state index in [1.807, 2.05) is 13.0 Å². The Balaban J connectivity index is 1.39. The molecular formula is C27H33F3N4OS. The predicted octanol–water partition coefficient (Wildman–Crippen LogP) is 6.51. The van der Waals surface area contributed by atoms with Crippen molar-refractivity contribution in [3.63, 3.8) is 0 Å². The number of nitrogens with one attached hydrogen (secondary N) is 1. The van der Waals surface area contributed by atoms with Gasteiger partial charge in [-0.1, -0.05) is 6.92 Å². The molecule has 2 saturated heterocycles. The average Bonchev–Trinajstić information content (AvgIpc) is 3.61. The monoisotopic (exact) mass is 518 g/mol. The van der Waals surface area contributed by atoms with Gasteiger partial charge in [-0.25, -0.2) is 18.2 Å². The van der Waals surface area contributed by atoms with E-state index in [0.29, 0.717) is 11.0 Å². The van der Waals surface area contributed by atoms with Gasteiger partial charge < -0.3 is 15.1 Å². The largest absolute Gasteiger partial charge is 0.371 e. The first-order valence-corrected chi connectivity index (χ1v) is 13.8. The third-order valence-corrected chi connectivity index (χ3v) is 8.86. The highest BCUT2D eigenvalue weighted by molar-refractivity contribution is 7.99. The summed E-state index contributed by atoms with van der Waals surface area (Å²) in [5.41, 5.74) is 3.06. The zero-order valence-corrected chi connectivity index (χ0v) is 21.7. The van der Waals surface area contributed by atoms with Crippen LogP contribution in [-0.2, 0) is 0 Å². The molecule has 1 aromatic carbocycles. The number of rotatable bonds is 6. The van der Waals surface area contributed by atoms with Crippen LogP contribution in [0.15, 0.2) is 29.2 Å². The molecular weight excluding hydrogens is 485 g/mol. The van der Waals surface area contributed by atoms with Crippen molar-refractivity contribution in [1.82, 2.24) is 4.98 Å². The molecule has 0 unspecified atom stereocenters. The molecule has 3 heterocycles. The van der Waals surface area contributed by atoms with Crippen molar-refractivity contribution in [2.24, 2.45) is 5.41 Å². The van der Waals surface area contributed by atoms with Crippen LogP contribution in [0, 0.1) is 18.2 Å². The van der Waals surface area contributed by atoms with Crippen molar-refractivity contribution in [2.75, 3.05) is 47.0 Å². The number of carbonyl (C=O) groups excluding carboxylic acids is 1. The average molecular weight is 519 g/mol. The maximum atomic E-state index is 14.5. The lowest BCUT2D eigenvalue weighted by Gasteiger charge is -2.35. The van der Waals surface area contributed by atoms with Crippen molar-refractivity contribution in [3.05, 3.63) is 41.2 Å². The first-order valence-electron chi connectivity index (χ1n) is 12.8. The Bertz CT molecular complexity index is 1130. The number of aryl methyl sites for hydroxylation is 1. The van der Waals surface area contributed by atoms with E-state index in [1.54, 1.807) is 11.8 Å². The molecule has 9 heteroatoms. The maximum absolute atomic E-state index is 14.5. The molecule has 1 spiro atoms. The molecule has 1 N–H and O–H groups in total. The lowest BCUT2D eigenvalue weighted by Crippen LogP contribution is -2.40. The Morgan fingerprint density at radius 2 is 1.69 bits per heavy atom. The highest BCUT2D eigenvalue weighted by Crippen LogP contribution is 2.54. The van der Waals surface area contributed by atoms with Gasteiger partial charge in [-0.05, 0) is 73.6 Å². The van der Waals surface area contributed by atoms with Gasteiger partial charge in [0.2, 0.25) is 0 Å². The summed E-state index contributed by atoms with van der Waals surface area (Å²) in [5.74, 6) is -2.47. The molecule has 3 fully saturated rings. The maximum Gasteiger partial charge on any atom is 0.258 e. The van der Waals surface area contributed by atoms with Gasteiger partial charge in [-0.15, -0.1) is 11.8 Å². The number of halogens is 3. The number of aromatic nitrogens is 1. The van der Waals surface area contributed by atoms with E-state index in [4.69, 9.17) is 0 Å². The van der Waals surface area contributed by atoms with Gasteiger partial charge in [0.15, 0.2) is 11.6 Å². The lowest BCUT2D eigenvalue weighted by molar-refractivity contribution is -0.0222. The standard InChI is InChI=1S/C27H33F3N4OS/c1-3-36-22-17-21(33-12-8-26(6-7-26)9-13-33)19(16-18(22)2)25(35)32-23-5-4-20(28)24(31-23)34-14-10-27(29,30)11-15-34/h4-5,16-17H,3,6-15H2,1-2H3,(H,31,32,35). The van der Waals surface area contributed by atoms with E-state index in [2.05, 4.69) is 28.2 Å². The molecule has 0 radical (unpaired) electrons. The number of alkyl halides is 2. The fraction of sp³-hybridized carbons (Fsp3) is 0.556. The molecule has 1 amide bonds. The van der Waals surface area contributed by atoms with E-state index < -0.39 is 11.7 Å². The predicted molar refractivity (Wildman–Crippen MR) is 139 cm³/mol. The minimum absolute atomic E-state index is 0.000148. The van der Waals surface area contributed by atoms with Gasteiger partial charge in [0, 0.05) is 43.9 Å². The second kappa shape index (κ2) is 9.80. The fourth-order valence-corrected chi connectivity index (χ4v) is 6.08. The van der Waals surface area contributed by atoms with Crippen LogP contribution in [0.1, 0.15) is 61.4 Å². The summed E-state index contributed by atoms with van der Waals surface area (Å²) < 4.78 is 41.7. The van der Waals surface area contributed by atoms with Crippen LogP contribution in [-0.4, -0.2) is 48.7 Å². The van der Waals surface area contributed by atoms with Crippen molar-refractivity contribution < 1.29 is 18.0 Å². The summed E-state index contributed by atoms with van der Waals surface area (Å²) >= 11 is 1.76. The molecule has 5 nitrogen and oxygen atoms in total. The number of pyridine rings is 1. The van der Waals surface area contributed by atoms with Crippen molar-refractivity contribution in [2.45, 2.75) is 63.2 Å². The Labute approximate surface area is 214 Å². The number of hydrogen-bond donors (Lipinski definition) is 1. The zero-order valence-electron chi connectivity index (χ0n) is 20.9. The van der Waals surface area contributed by atoms with Gasteiger partial charge in [0.25, 0.3) is 11.8 Å². The molecule has 0 atom stereocenters. The minimum atomic E-state index is -2.73. The first-order chi connectivity index (χ1) is 17.2. The van der Waals surface area contributed by atoms with Crippen LogP contribution >= 0.6 is 11.8 Å². The smallest absolute Gasteiger partial charge is 0.258 e. The third-order valence-electron chi connectivity index (χ3n) is 7.82. The number of nitrogens with zero attached hydrogens (tertiary/aromatic N) is 3. The lowest BCUT2D eigenvalue weighted by atomic mass is 9.92. The number of hydrogen-bond acceptors (Lipinski definition) is 5. The van der Waals surface area contributed by atoms with Gasteiger partial charge in [-0.3, -0.25) is 4.79 Å². The molecule has 3 aliphatic rings. The molecule has 194 valence electrons. The third kappa shape index (κ3) is 5.31. The van der Waals surface area contributed by atoms with E-state index in [0.717, 1.165) is 42.9 Å². The normalized spacial score (nSPS) is 20.5. The van der Waals surface area contributed by atoms with Gasteiger partial charge in [-0.2, -0.15) is 0 Å². The first kappa shape index (κ1) is 25.2. The molecule has 5 rings (SSSR count). The summed E-state index contributed by atoms with van der Waals surface area (Å²) in [6.07, 6.45) is 4.24. The summed E-state index contributed by atoms with van der Waals surface area (Å²) in [6, 6.07) is 6.71. The van der Waals surface area contributed by atoms with Crippen LogP contribution in [0.5, 0.6) is 0 Å². The summed E-state index contributed by atoms with van der Waals surface area (Å²) in [5, 5.41) is 2.84. The second-order valence-corrected chi connectivity index (χ2v) is 11.7.